The number of carbonyl (C=O) groups excluding carboxylic acids is 1. The second kappa shape index (κ2) is 6.85. The van der Waals surface area contributed by atoms with Crippen molar-refractivity contribution in [3.63, 3.8) is 0 Å². The first-order valence-electron chi connectivity index (χ1n) is 7.90. The molecule has 0 aliphatic carbocycles. The van der Waals surface area contributed by atoms with Gasteiger partial charge in [-0.2, -0.15) is 0 Å². The van der Waals surface area contributed by atoms with Crippen LogP contribution in [0.5, 0.6) is 0 Å². The Morgan fingerprint density at radius 1 is 1.22 bits per heavy atom. The van der Waals surface area contributed by atoms with Crippen LogP contribution in [0.25, 0.3) is 0 Å². The van der Waals surface area contributed by atoms with Crippen molar-refractivity contribution >= 4 is 27.5 Å². The Kier molecular flexibility index (Phi) is 4.83. The summed E-state index contributed by atoms with van der Waals surface area (Å²) in [7, 11) is 2.01. The fourth-order valence-corrected chi connectivity index (χ4v) is 3.26. The standard InChI is InChI=1S/C19H21BrN2O/c1-14(21(2)13-15-7-9-17(20)10-8-15)19(23)22-12-11-16-5-3-4-6-18(16)22/h3-10,14H,11-13H2,1-2H3. The summed E-state index contributed by atoms with van der Waals surface area (Å²) in [5.41, 5.74) is 3.54. The summed E-state index contributed by atoms with van der Waals surface area (Å²) in [6.45, 7) is 3.53. The molecule has 1 amide bonds. The van der Waals surface area contributed by atoms with E-state index in [1.165, 1.54) is 11.1 Å². The number of benzene rings is 2. The predicted molar refractivity (Wildman–Crippen MR) is 97.6 cm³/mol. The molecule has 3 nitrogen and oxygen atoms in total. The van der Waals surface area contributed by atoms with Crippen molar-refractivity contribution in [2.24, 2.45) is 0 Å². The van der Waals surface area contributed by atoms with Gasteiger partial charge < -0.3 is 4.90 Å². The maximum atomic E-state index is 12.9. The van der Waals surface area contributed by atoms with Gasteiger partial charge in [0.05, 0.1) is 6.04 Å². The summed E-state index contributed by atoms with van der Waals surface area (Å²) >= 11 is 3.45. The van der Waals surface area contributed by atoms with Gasteiger partial charge in [-0.25, -0.2) is 0 Å². The first kappa shape index (κ1) is 16.2. The van der Waals surface area contributed by atoms with E-state index in [1.54, 1.807) is 0 Å². The van der Waals surface area contributed by atoms with Crippen LogP contribution in [0.4, 0.5) is 5.69 Å². The second-order valence-electron chi connectivity index (χ2n) is 6.09. The number of carbonyl (C=O) groups is 1. The van der Waals surface area contributed by atoms with Crippen molar-refractivity contribution in [1.29, 1.82) is 0 Å². The Labute approximate surface area is 146 Å². The molecule has 120 valence electrons. The number of hydrogen-bond donors (Lipinski definition) is 0. The molecular weight excluding hydrogens is 352 g/mol. The molecule has 1 unspecified atom stereocenters. The van der Waals surface area contributed by atoms with Crippen LogP contribution in [0.15, 0.2) is 53.0 Å². The highest BCUT2D eigenvalue weighted by molar-refractivity contribution is 9.10. The molecule has 0 fully saturated rings. The zero-order valence-corrected chi connectivity index (χ0v) is 15.1. The van der Waals surface area contributed by atoms with Crippen molar-refractivity contribution in [3.8, 4) is 0 Å². The lowest BCUT2D eigenvalue weighted by Crippen LogP contribution is -2.44. The molecule has 1 aliphatic heterocycles. The van der Waals surface area contributed by atoms with Crippen LogP contribution in [-0.2, 0) is 17.8 Å². The van der Waals surface area contributed by atoms with Gasteiger partial charge in [0.1, 0.15) is 0 Å². The van der Waals surface area contributed by atoms with Gasteiger partial charge in [0.25, 0.3) is 0 Å². The molecule has 1 aliphatic rings. The van der Waals surface area contributed by atoms with Crippen LogP contribution in [0, 0.1) is 0 Å². The van der Waals surface area contributed by atoms with Gasteiger partial charge >= 0.3 is 0 Å². The van der Waals surface area contributed by atoms with E-state index in [0.29, 0.717) is 0 Å². The summed E-state index contributed by atoms with van der Waals surface area (Å²) in [5, 5.41) is 0. The Morgan fingerprint density at radius 2 is 1.91 bits per heavy atom. The number of fused-ring (bicyclic) bond motifs is 1. The molecule has 2 aromatic carbocycles. The Balaban J connectivity index is 1.69. The number of halogens is 1. The van der Waals surface area contributed by atoms with Gasteiger partial charge in [-0.05, 0) is 49.7 Å². The minimum atomic E-state index is -0.148. The van der Waals surface area contributed by atoms with Crippen molar-refractivity contribution in [2.75, 3.05) is 18.5 Å². The van der Waals surface area contributed by atoms with Crippen LogP contribution in [0.1, 0.15) is 18.1 Å². The van der Waals surface area contributed by atoms with Gasteiger partial charge in [-0.15, -0.1) is 0 Å². The molecule has 0 bridgehead atoms. The van der Waals surface area contributed by atoms with E-state index in [0.717, 1.165) is 29.7 Å². The molecular formula is C19H21BrN2O. The van der Waals surface area contributed by atoms with Gasteiger partial charge in [-0.1, -0.05) is 46.3 Å². The van der Waals surface area contributed by atoms with Crippen molar-refractivity contribution in [1.82, 2.24) is 4.90 Å². The fraction of sp³-hybridized carbons (Fsp3) is 0.316. The third-order valence-electron chi connectivity index (χ3n) is 4.52. The summed E-state index contributed by atoms with van der Waals surface area (Å²) in [5.74, 6) is 0.176. The van der Waals surface area contributed by atoms with Crippen molar-refractivity contribution in [3.05, 3.63) is 64.1 Å². The van der Waals surface area contributed by atoms with Crippen molar-refractivity contribution < 1.29 is 4.79 Å². The van der Waals surface area contributed by atoms with Gasteiger partial charge in [0, 0.05) is 23.2 Å². The maximum Gasteiger partial charge on any atom is 0.244 e. The second-order valence-corrected chi connectivity index (χ2v) is 7.00. The number of amides is 1. The van der Waals surface area contributed by atoms with Gasteiger partial charge in [0.2, 0.25) is 5.91 Å². The van der Waals surface area contributed by atoms with E-state index in [1.807, 2.05) is 49.2 Å². The third-order valence-corrected chi connectivity index (χ3v) is 5.05. The Bertz CT molecular complexity index is 699. The highest BCUT2D eigenvalue weighted by atomic mass is 79.9. The number of nitrogens with zero attached hydrogens (tertiary/aromatic N) is 2. The minimum absolute atomic E-state index is 0.148. The average molecular weight is 373 g/mol. The highest BCUT2D eigenvalue weighted by Crippen LogP contribution is 2.28. The monoisotopic (exact) mass is 372 g/mol. The number of para-hydroxylation sites is 1. The molecule has 3 rings (SSSR count). The number of likely N-dealkylation sites (N-methyl/N-ethyl adjacent to an activating group) is 1. The van der Waals surface area contributed by atoms with E-state index in [9.17, 15) is 4.79 Å². The summed E-state index contributed by atoms with van der Waals surface area (Å²) in [6, 6.07) is 16.3. The lowest BCUT2D eigenvalue weighted by Gasteiger charge is -2.28. The first-order valence-corrected chi connectivity index (χ1v) is 8.69. The number of anilines is 1. The van der Waals surface area contributed by atoms with Crippen LogP contribution in [0.2, 0.25) is 0 Å². The topological polar surface area (TPSA) is 23.6 Å². The smallest absolute Gasteiger partial charge is 0.244 e. The normalized spacial score (nSPS) is 14.9. The molecule has 0 N–H and O–H groups in total. The lowest BCUT2D eigenvalue weighted by molar-refractivity contribution is -0.122. The van der Waals surface area contributed by atoms with Crippen LogP contribution in [0.3, 0.4) is 0 Å². The molecule has 0 spiro atoms. The zero-order valence-electron chi connectivity index (χ0n) is 13.5. The van der Waals surface area contributed by atoms with E-state index in [4.69, 9.17) is 0 Å². The minimum Gasteiger partial charge on any atom is -0.310 e. The molecule has 4 heteroatoms. The number of hydrogen-bond acceptors (Lipinski definition) is 2. The first-order chi connectivity index (χ1) is 11.1. The molecule has 0 saturated carbocycles. The van der Waals surface area contributed by atoms with Gasteiger partial charge in [0.15, 0.2) is 0 Å². The third kappa shape index (κ3) is 3.48. The highest BCUT2D eigenvalue weighted by Gasteiger charge is 2.29. The van der Waals surface area contributed by atoms with E-state index in [2.05, 4.69) is 39.0 Å². The SMILES string of the molecule is CC(C(=O)N1CCc2ccccc21)N(C)Cc1ccc(Br)cc1. The summed E-state index contributed by atoms with van der Waals surface area (Å²) < 4.78 is 1.07. The summed E-state index contributed by atoms with van der Waals surface area (Å²) in [6.07, 6.45) is 0.949. The maximum absolute atomic E-state index is 12.9. The molecule has 23 heavy (non-hydrogen) atoms. The van der Waals surface area contributed by atoms with E-state index in [-0.39, 0.29) is 11.9 Å². The molecule has 0 aromatic heterocycles. The molecule has 0 saturated heterocycles. The van der Waals surface area contributed by atoms with E-state index < -0.39 is 0 Å². The largest absolute Gasteiger partial charge is 0.310 e. The predicted octanol–water partition coefficient (Wildman–Crippen LogP) is 3.86. The average Bonchev–Trinajstić information content (AvgIpc) is 2.99. The lowest BCUT2D eigenvalue weighted by atomic mass is 10.1. The van der Waals surface area contributed by atoms with Crippen LogP contribution >= 0.6 is 15.9 Å². The van der Waals surface area contributed by atoms with Crippen LogP contribution in [-0.4, -0.2) is 30.4 Å². The molecule has 2 aromatic rings. The fourth-order valence-electron chi connectivity index (χ4n) is 3.00. The number of rotatable bonds is 4. The molecule has 1 heterocycles. The molecule has 1 atom stereocenters. The molecule has 0 radical (unpaired) electrons. The van der Waals surface area contributed by atoms with Gasteiger partial charge in [-0.3, -0.25) is 9.69 Å². The quantitative estimate of drug-likeness (QED) is 0.813. The van der Waals surface area contributed by atoms with Crippen LogP contribution < -0.4 is 4.90 Å². The summed E-state index contributed by atoms with van der Waals surface area (Å²) in [4.78, 5) is 16.9. The van der Waals surface area contributed by atoms with E-state index >= 15 is 0 Å². The van der Waals surface area contributed by atoms with Crippen molar-refractivity contribution in [2.45, 2.75) is 25.9 Å². The Morgan fingerprint density at radius 3 is 2.65 bits per heavy atom. The Hall–Kier alpha value is -1.65. The zero-order chi connectivity index (χ0) is 16.4.